The second-order valence-electron chi connectivity index (χ2n) is 5.25. The summed E-state index contributed by atoms with van der Waals surface area (Å²) in [7, 11) is 0. The Morgan fingerprint density at radius 1 is 1.35 bits per heavy atom. The van der Waals surface area contributed by atoms with Crippen LogP contribution in [-0.2, 0) is 0 Å². The van der Waals surface area contributed by atoms with Crippen molar-refractivity contribution in [3.05, 3.63) is 18.1 Å². The van der Waals surface area contributed by atoms with Crippen molar-refractivity contribution >= 4 is 23.0 Å². The van der Waals surface area contributed by atoms with Crippen molar-refractivity contribution in [3.63, 3.8) is 0 Å². The molecule has 0 aromatic carbocycles. The van der Waals surface area contributed by atoms with Crippen LogP contribution in [0.1, 0.15) is 25.5 Å². The predicted molar refractivity (Wildman–Crippen MR) is 86.0 cm³/mol. The molecule has 0 spiro atoms. The summed E-state index contributed by atoms with van der Waals surface area (Å²) >= 11 is 5.21. The van der Waals surface area contributed by atoms with Gasteiger partial charge in [-0.15, -0.1) is 0 Å². The molecule has 1 aliphatic heterocycles. The number of hydrogen-bond acceptors (Lipinski definition) is 5. The van der Waals surface area contributed by atoms with Gasteiger partial charge in [0.2, 0.25) is 0 Å². The van der Waals surface area contributed by atoms with E-state index in [1.807, 2.05) is 13.0 Å². The minimum atomic E-state index is 0.240. The van der Waals surface area contributed by atoms with Gasteiger partial charge in [0, 0.05) is 37.9 Å². The Morgan fingerprint density at radius 3 is 2.60 bits per heavy atom. The fraction of sp³-hybridized carbons (Fsp3) is 0.643. The van der Waals surface area contributed by atoms with Crippen molar-refractivity contribution < 1.29 is 0 Å². The average Bonchev–Trinajstić information content (AvgIpc) is 2.45. The van der Waals surface area contributed by atoms with E-state index in [-0.39, 0.29) is 6.04 Å². The topological polar surface area (TPSA) is 58.3 Å². The van der Waals surface area contributed by atoms with Gasteiger partial charge in [-0.2, -0.15) is 0 Å². The highest BCUT2D eigenvalue weighted by Gasteiger charge is 2.25. The zero-order valence-electron chi connectivity index (χ0n) is 12.2. The number of piperazine rings is 1. The summed E-state index contributed by atoms with van der Waals surface area (Å²) in [5, 5.41) is 0. The normalized spacial score (nSPS) is 18.0. The van der Waals surface area contributed by atoms with Crippen LogP contribution in [0.15, 0.2) is 12.4 Å². The molecule has 2 heterocycles. The van der Waals surface area contributed by atoms with Gasteiger partial charge in [0.25, 0.3) is 0 Å². The van der Waals surface area contributed by atoms with Gasteiger partial charge in [0.05, 0.1) is 11.0 Å². The molecule has 0 saturated carbocycles. The predicted octanol–water partition coefficient (Wildman–Crippen LogP) is 1.36. The fourth-order valence-electron chi connectivity index (χ4n) is 2.65. The lowest BCUT2D eigenvalue weighted by molar-refractivity contribution is 0.219. The van der Waals surface area contributed by atoms with Gasteiger partial charge in [0.15, 0.2) is 0 Å². The third-order valence-corrected chi connectivity index (χ3v) is 4.03. The molecular weight excluding hydrogens is 270 g/mol. The molecule has 1 aromatic heterocycles. The molecule has 1 aliphatic rings. The van der Waals surface area contributed by atoms with E-state index in [1.165, 1.54) is 0 Å². The summed E-state index contributed by atoms with van der Waals surface area (Å²) in [5.41, 5.74) is 6.88. The quantitative estimate of drug-likeness (QED) is 0.827. The first-order valence-corrected chi connectivity index (χ1v) is 7.59. The monoisotopic (exact) mass is 293 g/mol. The zero-order valence-corrected chi connectivity index (χ0v) is 13.1. The number of hydrogen-bond donors (Lipinski definition) is 1. The molecule has 110 valence electrons. The Kier molecular flexibility index (Phi) is 5.25. The van der Waals surface area contributed by atoms with Crippen LogP contribution >= 0.6 is 12.2 Å². The van der Waals surface area contributed by atoms with E-state index >= 15 is 0 Å². The Bertz CT molecular complexity index is 457. The molecule has 0 bridgehead atoms. The van der Waals surface area contributed by atoms with Crippen LogP contribution in [0.25, 0.3) is 0 Å². The molecule has 2 N–H and O–H groups in total. The molecule has 2 rings (SSSR count). The van der Waals surface area contributed by atoms with E-state index in [9.17, 15) is 0 Å². The minimum Gasteiger partial charge on any atom is -0.392 e. The van der Waals surface area contributed by atoms with Gasteiger partial charge < -0.3 is 10.6 Å². The number of anilines is 1. The number of aryl methyl sites for hydroxylation is 1. The Morgan fingerprint density at radius 2 is 2.05 bits per heavy atom. The summed E-state index contributed by atoms with van der Waals surface area (Å²) in [6.07, 6.45) is 3.78. The Hall–Kier alpha value is -1.27. The molecule has 1 saturated heterocycles. The van der Waals surface area contributed by atoms with Crippen molar-refractivity contribution in [2.45, 2.75) is 32.7 Å². The Labute approximate surface area is 126 Å². The van der Waals surface area contributed by atoms with Gasteiger partial charge in [-0.05, 0) is 13.3 Å². The first-order chi connectivity index (χ1) is 9.61. The van der Waals surface area contributed by atoms with Gasteiger partial charge in [-0.3, -0.25) is 4.90 Å². The van der Waals surface area contributed by atoms with Crippen molar-refractivity contribution in [2.75, 3.05) is 31.1 Å². The second-order valence-corrected chi connectivity index (χ2v) is 5.72. The average molecular weight is 293 g/mol. The molecule has 1 aromatic rings. The van der Waals surface area contributed by atoms with E-state index in [1.54, 1.807) is 6.33 Å². The van der Waals surface area contributed by atoms with Gasteiger partial charge in [-0.1, -0.05) is 25.6 Å². The number of rotatable bonds is 5. The van der Waals surface area contributed by atoms with Crippen molar-refractivity contribution in [3.8, 4) is 0 Å². The summed E-state index contributed by atoms with van der Waals surface area (Å²) in [4.78, 5) is 13.8. The van der Waals surface area contributed by atoms with Crippen molar-refractivity contribution in [2.24, 2.45) is 5.73 Å². The van der Waals surface area contributed by atoms with E-state index in [4.69, 9.17) is 18.0 Å². The second kappa shape index (κ2) is 6.95. The van der Waals surface area contributed by atoms with E-state index in [0.29, 0.717) is 4.99 Å². The molecule has 1 fully saturated rings. The lowest BCUT2D eigenvalue weighted by atomic mass is 10.1. The van der Waals surface area contributed by atoms with Crippen LogP contribution in [0.5, 0.6) is 0 Å². The van der Waals surface area contributed by atoms with Crippen LogP contribution in [0, 0.1) is 6.92 Å². The SMILES string of the molecule is CCCC(C(N)=S)N1CCN(c2cc(C)ncn2)CC1. The molecule has 0 radical (unpaired) electrons. The molecule has 1 atom stereocenters. The number of aromatic nitrogens is 2. The van der Waals surface area contributed by atoms with Gasteiger partial charge in [-0.25, -0.2) is 9.97 Å². The molecule has 20 heavy (non-hydrogen) atoms. The highest BCUT2D eigenvalue weighted by molar-refractivity contribution is 7.80. The summed E-state index contributed by atoms with van der Waals surface area (Å²) in [5.74, 6) is 1.01. The first kappa shape index (κ1) is 15.1. The molecule has 5 nitrogen and oxygen atoms in total. The van der Waals surface area contributed by atoms with Crippen molar-refractivity contribution in [1.29, 1.82) is 0 Å². The lowest BCUT2D eigenvalue weighted by Gasteiger charge is -2.39. The van der Waals surface area contributed by atoms with Gasteiger partial charge >= 0.3 is 0 Å². The maximum atomic E-state index is 5.87. The Balaban J connectivity index is 1.96. The minimum absolute atomic E-state index is 0.240. The van der Waals surface area contributed by atoms with Crippen LogP contribution < -0.4 is 10.6 Å². The third kappa shape index (κ3) is 3.64. The summed E-state index contributed by atoms with van der Waals surface area (Å²) in [6, 6.07) is 2.27. The molecule has 0 amide bonds. The van der Waals surface area contributed by atoms with Crippen molar-refractivity contribution in [1.82, 2.24) is 14.9 Å². The van der Waals surface area contributed by atoms with E-state index < -0.39 is 0 Å². The van der Waals surface area contributed by atoms with E-state index in [0.717, 1.165) is 50.5 Å². The van der Waals surface area contributed by atoms with Crippen LogP contribution in [-0.4, -0.2) is 52.1 Å². The summed E-state index contributed by atoms with van der Waals surface area (Å²) < 4.78 is 0. The summed E-state index contributed by atoms with van der Waals surface area (Å²) in [6.45, 7) is 8.03. The molecule has 0 aliphatic carbocycles. The standard InChI is InChI=1S/C14H23N5S/c1-3-4-12(14(15)20)18-5-7-19(8-6-18)13-9-11(2)16-10-17-13/h9-10,12H,3-8H2,1-2H3,(H2,15,20). The fourth-order valence-corrected chi connectivity index (χ4v) is 2.92. The smallest absolute Gasteiger partial charge is 0.132 e. The highest BCUT2D eigenvalue weighted by atomic mass is 32.1. The lowest BCUT2D eigenvalue weighted by Crippen LogP contribution is -2.54. The highest BCUT2D eigenvalue weighted by Crippen LogP contribution is 2.16. The molecular formula is C14H23N5S. The van der Waals surface area contributed by atoms with Crippen LogP contribution in [0.3, 0.4) is 0 Å². The van der Waals surface area contributed by atoms with E-state index in [2.05, 4.69) is 26.7 Å². The maximum absolute atomic E-state index is 5.87. The van der Waals surface area contributed by atoms with Crippen LogP contribution in [0.4, 0.5) is 5.82 Å². The first-order valence-electron chi connectivity index (χ1n) is 7.18. The largest absolute Gasteiger partial charge is 0.392 e. The molecule has 6 heteroatoms. The number of nitrogens with two attached hydrogens (primary N) is 1. The third-order valence-electron chi connectivity index (χ3n) is 3.76. The maximum Gasteiger partial charge on any atom is 0.132 e. The van der Waals surface area contributed by atoms with Crippen LogP contribution in [0.2, 0.25) is 0 Å². The van der Waals surface area contributed by atoms with Gasteiger partial charge in [0.1, 0.15) is 12.1 Å². The molecule has 1 unspecified atom stereocenters. The number of nitrogens with zero attached hydrogens (tertiary/aromatic N) is 4. The zero-order chi connectivity index (χ0) is 14.5. The number of thiocarbonyl (C=S) groups is 1.